The molecule has 1 aliphatic rings. The number of fused-ring (bicyclic) bond motifs is 1. The van der Waals surface area contributed by atoms with Crippen LogP contribution in [0.2, 0.25) is 0 Å². The molecule has 0 saturated heterocycles. The van der Waals surface area contributed by atoms with E-state index >= 15 is 0 Å². The number of imidazole rings is 1. The first-order chi connectivity index (χ1) is 13.1. The second-order valence-corrected chi connectivity index (χ2v) is 6.44. The van der Waals surface area contributed by atoms with Gasteiger partial charge in [-0.25, -0.2) is 9.78 Å². The van der Waals surface area contributed by atoms with Gasteiger partial charge >= 0.3 is 5.97 Å². The molecule has 0 amide bonds. The van der Waals surface area contributed by atoms with Gasteiger partial charge in [-0.2, -0.15) is 0 Å². The van der Waals surface area contributed by atoms with Crippen LogP contribution in [0.5, 0.6) is 11.5 Å². The van der Waals surface area contributed by atoms with E-state index in [4.69, 9.17) is 9.47 Å². The van der Waals surface area contributed by atoms with Gasteiger partial charge in [0, 0.05) is 24.4 Å². The summed E-state index contributed by atoms with van der Waals surface area (Å²) in [5.74, 6) is 1.14. The average molecular weight is 364 g/mol. The molecule has 1 unspecified atom stereocenters. The fourth-order valence-electron chi connectivity index (χ4n) is 3.30. The van der Waals surface area contributed by atoms with Crippen molar-refractivity contribution in [1.29, 1.82) is 0 Å². The number of ether oxygens (including phenoxy) is 2. The molecule has 0 fully saturated rings. The SMILES string of the molecule is CC(c1ccc2c(c1)OCCCO2)n1ccnc1-c1ccccc1C(=O)O. The maximum atomic E-state index is 11.6. The number of hydrogen-bond acceptors (Lipinski definition) is 4. The van der Waals surface area contributed by atoms with Crippen molar-refractivity contribution >= 4 is 5.97 Å². The number of carbonyl (C=O) groups is 1. The number of aromatic carboxylic acids is 1. The highest BCUT2D eigenvalue weighted by Gasteiger charge is 2.20. The van der Waals surface area contributed by atoms with E-state index < -0.39 is 5.97 Å². The van der Waals surface area contributed by atoms with Crippen LogP contribution in [-0.2, 0) is 0 Å². The number of nitrogens with zero attached hydrogens (tertiary/aromatic N) is 2. The molecule has 0 spiro atoms. The Balaban J connectivity index is 1.73. The van der Waals surface area contributed by atoms with Crippen LogP contribution in [0.4, 0.5) is 0 Å². The van der Waals surface area contributed by atoms with Crippen LogP contribution >= 0.6 is 0 Å². The van der Waals surface area contributed by atoms with Gasteiger partial charge in [-0.3, -0.25) is 0 Å². The fourth-order valence-corrected chi connectivity index (χ4v) is 3.30. The zero-order valence-corrected chi connectivity index (χ0v) is 15.0. The summed E-state index contributed by atoms with van der Waals surface area (Å²) in [6.45, 7) is 3.33. The van der Waals surface area contributed by atoms with E-state index in [-0.39, 0.29) is 11.6 Å². The summed E-state index contributed by atoms with van der Waals surface area (Å²) < 4.78 is 13.5. The number of aromatic nitrogens is 2. The molecule has 1 aliphatic heterocycles. The number of carboxylic acid groups (broad SMARTS) is 1. The van der Waals surface area contributed by atoms with Gasteiger partial charge < -0.3 is 19.1 Å². The minimum atomic E-state index is -0.969. The summed E-state index contributed by atoms with van der Waals surface area (Å²) in [7, 11) is 0. The molecule has 2 aromatic carbocycles. The van der Waals surface area contributed by atoms with Crippen molar-refractivity contribution < 1.29 is 19.4 Å². The van der Waals surface area contributed by atoms with Crippen molar-refractivity contribution in [3.05, 3.63) is 66.0 Å². The van der Waals surface area contributed by atoms with E-state index in [2.05, 4.69) is 4.98 Å². The summed E-state index contributed by atoms with van der Waals surface area (Å²) in [6.07, 6.45) is 4.41. The van der Waals surface area contributed by atoms with E-state index in [1.165, 1.54) is 0 Å². The van der Waals surface area contributed by atoms with Gasteiger partial charge in [0.15, 0.2) is 11.5 Å². The number of benzene rings is 2. The van der Waals surface area contributed by atoms with Crippen molar-refractivity contribution in [2.24, 2.45) is 0 Å². The summed E-state index contributed by atoms with van der Waals surface area (Å²) in [4.78, 5) is 16.0. The lowest BCUT2D eigenvalue weighted by atomic mass is 10.0. The Morgan fingerprint density at radius 1 is 1.15 bits per heavy atom. The zero-order chi connectivity index (χ0) is 18.8. The van der Waals surface area contributed by atoms with E-state index in [0.29, 0.717) is 24.6 Å². The first-order valence-corrected chi connectivity index (χ1v) is 8.90. The van der Waals surface area contributed by atoms with E-state index in [1.54, 1.807) is 24.4 Å². The summed E-state index contributed by atoms with van der Waals surface area (Å²) in [5, 5.41) is 9.50. The molecule has 1 aromatic heterocycles. The molecule has 0 bridgehead atoms. The Labute approximate surface area is 157 Å². The summed E-state index contributed by atoms with van der Waals surface area (Å²) in [6, 6.07) is 12.8. The number of hydrogen-bond donors (Lipinski definition) is 1. The molecule has 6 nitrogen and oxygen atoms in total. The van der Waals surface area contributed by atoms with Gasteiger partial charge in [0.2, 0.25) is 0 Å². The first-order valence-electron chi connectivity index (χ1n) is 8.90. The van der Waals surface area contributed by atoms with Gasteiger partial charge in [0.05, 0.1) is 24.8 Å². The Kier molecular flexibility index (Phi) is 4.54. The third-order valence-corrected chi connectivity index (χ3v) is 4.74. The van der Waals surface area contributed by atoms with Crippen LogP contribution < -0.4 is 9.47 Å². The fraction of sp³-hybridized carbons (Fsp3) is 0.238. The monoisotopic (exact) mass is 364 g/mol. The van der Waals surface area contributed by atoms with Crippen LogP contribution in [0.15, 0.2) is 54.9 Å². The molecule has 1 N–H and O–H groups in total. The molecule has 27 heavy (non-hydrogen) atoms. The van der Waals surface area contributed by atoms with Crippen LogP contribution in [0, 0.1) is 0 Å². The standard InChI is InChI=1S/C21H20N2O4/c1-14(15-7-8-18-19(13-15)27-12-4-11-26-18)23-10-9-22-20(23)16-5-2-3-6-17(16)21(24)25/h2-3,5-10,13-14H,4,11-12H2,1H3,(H,24,25). The van der Waals surface area contributed by atoms with Gasteiger partial charge in [0.25, 0.3) is 0 Å². The predicted molar refractivity (Wildman–Crippen MR) is 100 cm³/mol. The highest BCUT2D eigenvalue weighted by atomic mass is 16.5. The van der Waals surface area contributed by atoms with Crippen LogP contribution in [0.1, 0.15) is 35.3 Å². The summed E-state index contributed by atoms with van der Waals surface area (Å²) in [5.41, 5.74) is 1.86. The molecule has 0 saturated carbocycles. The number of rotatable bonds is 4. The van der Waals surface area contributed by atoms with Gasteiger partial charge in [-0.1, -0.05) is 24.3 Å². The van der Waals surface area contributed by atoms with Crippen LogP contribution in [0.3, 0.4) is 0 Å². The molecule has 1 atom stereocenters. The highest BCUT2D eigenvalue weighted by Crippen LogP contribution is 2.34. The average Bonchev–Trinajstić information content (AvgIpc) is 3.05. The maximum absolute atomic E-state index is 11.6. The zero-order valence-electron chi connectivity index (χ0n) is 15.0. The smallest absolute Gasteiger partial charge is 0.336 e. The summed E-state index contributed by atoms with van der Waals surface area (Å²) >= 11 is 0. The molecule has 6 heteroatoms. The second-order valence-electron chi connectivity index (χ2n) is 6.44. The Hall–Kier alpha value is -3.28. The van der Waals surface area contributed by atoms with Gasteiger partial charge in [-0.05, 0) is 30.7 Å². The van der Waals surface area contributed by atoms with Crippen molar-refractivity contribution in [1.82, 2.24) is 9.55 Å². The molecule has 3 aromatic rings. The second kappa shape index (κ2) is 7.15. The lowest BCUT2D eigenvalue weighted by molar-refractivity contribution is 0.0697. The van der Waals surface area contributed by atoms with Crippen molar-refractivity contribution in [3.8, 4) is 22.9 Å². The van der Waals surface area contributed by atoms with Crippen LogP contribution in [-0.4, -0.2) is 33.8 Å². The molecular weight excluding hydrogens is 344 g/mol. The Bertz CT molecular complexity index is 980. The molecule has 138 valence electrons. The Morgan fingerprint density at radius 2 is 1.93 bits per heavy atom. The first kappa shape index (κ1) is 17.1. The Morgan fingerprint density at radius 3 is 2.74 bits per heavy atom. The lowest BCUT2D eigenvalue weighted by Crippen LogP contribution is -2.10. The van der Waals surface area contributed by atoms with E-state index in [1.807, 2.05) is 42.0 Å². The topological polar surface area (TPSA) is 73.6 Å². The number of carboxylic acids is 1. The molecular formula is C21H20N2O4. The molecule has 0 aliphatic carbocycles. The van der Waals surface area contributed by atoms with Gasteiger partial charge in [0.1, 0.15) is 5.82 Å². The van der Waals surface area contributed by atoms with Crippen molar-refractivity contribution in [2.75, 3.05) is 13.2 Å². The van der Waals surface area contributed by atoms with E-state index in [9.17, 15) is 9.90 Å². The quantitative estimate of drug-likeness (QED) is 0.757. The third-order valence-electron chi connectivity index (χ3n) is 4.74. The maximum Gasteiger partial charge on any atom is 0.336 e. The van der Waals surface area contributed by atoms with Crippen LogP contribution in [0.25, 0.3) is 11.4 Å². The molecule has 2 heterocycles. The minimum Gasteiger partial charge on any atom is -0.490 e. The normalized spacial score (nSPS) is 14.4. The highest BCUT2D eigenvalue weighted by molar-refractivity contribution is 5.95. The van der Waals surface area contributed by atoms with Gasteiger partial charge in [-0.15, -0.1) is 0 Å². The van der Waals surface area contributed by atoms with Crippen molar-refractivity contribution in [3.63, 3.8) is 0 Å². The van der Waals surface area contributed by atoms with Crippen molar-refractivity contribution in [2.45, 2.75) is 19.4 Å². The van der Waals surface area contributed by atoms with E-state index in [0.717, 1.165) is 23.5 Å². The molecule has 0 radical (unpaired) electrons. The molecule has 4 rings (SSSR count). The minimum absolute atomic E-state index is 0.0542. The predicted octanol–water partition coefficient (Wildman–Crippen LogP) is 4.02. The largest absolute Gasteiger partial charge is 0.490 e. The lowest BCUT2D eigenvalue weighted by Gasteiger charge is -2.19. The third kappa shape index (κ3) is 3.26.